The smallest absolute Gasteiger partial charge is 0.197 e. The van der Waals surface area contributed by atoms with E-state index in [9.17, 15) is 0 Å². The summed E-state index contributed by atoms with van der Waals surface area (Å²) in [5.41, 5.74) is 2.50. The fraction of sp³-hybridized carbons (Fsp3) is 0.562. The standard InChI is InChI=1S/C16H20N4S2/c1-4-12-17-15-13(10-7-6-9(3)8-11(10)22-15)14-18-19-16(20(12)14)21-5-2/h9H,4-8H2,1-3H3. The minimum atomic E-state index is 0.784. The number of aryl methyl sites for hydroxylation is 2. The van der Waals surface area contributed by atoms with Crippen molar-refractivity contribution in [3.8, 4) is 0 Å². The van der Waals surface area contributed by atoms with Crippen molar-refractivity contribution in [2.75, 3.05) is 5.75 Å². The van der Waals surface area contributed by atoms with Crippen LogP contribution in [0.5, 0.6) is 0 Å². The second-order valence-corrected chi connectivity index (χ2v) is 8.30. The third-order valence-electron chi connectivity index (χ3n) is 4.43. The predicted octanol–water partition coefficient (Wildman–Crippen LogP) is 4.14. The summed E-state index contributed by atoms with van der Waals surface area (Å²) in [5.74, 6) is 2.86. The van der Waals surface area contributed by atoms with Gasteiger partial charge < -0.3 is 0 Å². The molecular weight excluding hydrogens is 312 g/mol. The number of fused-ring (bicyclic) bond motifs is 5. The number of aromatic nitrogens is 4. The van der Waals surface area contributed by atoms with Crippen LogP contribution < -0.4 is 0 Å². The van der Waals surface area contributed by atoms with Crippen molar-refractivity contribution in [3.05, 3.63) is 16.3 Å². The molecule has 116 valence electrons. The summed E-state index contributed by atoms with van der Waals surface area (Å²) >= 11 is 3.61. The van der Waals surface area contributed by atoms with E-state index in [1.807, 2.05) is 11.3 Å². The van der Waals surface area contributed by atoms with E-state index in [-0.39, 0.29) is 0 Å². The van der Waals surface area contributed by atoms with Gasteiger partial charge in [0, 0.05) is 11.3 Å². The maximum absolute atomic E-state index is 4.96. The van der Waals surface area contributed by atoms with E-state index in [0.29, 0.717) is 0 Å². The molecule has 1 aliphatic rings. The summed E-state index contributed by atoms with van der Waals surface area (Å²) in [6, 6.07) is 0. The lowest BCUT2D eigenvalue weighted by Gasteiger charge is -2.17. The molecule has 1 unspecified atom stereocenters. The van der Waals surface area contributed by atoms with Crippen molar-refractivity contribution < 1.29 is 0 Å². The molecule has 4 nitrogen and oxygen atoms in total. The minimum absolute atomic E-state index is 0.784. The van der Waals surface area contributed by atoms with Gasteiger partial charge in [0.2, 0.25) is 0 Å². The topological polar surface area (TPSA) is 43.1 Å². The Kier molecular flexibility index (Phi) is 3.61. The van der Waals surface area contributed by atoms with Crippen LogP contribution in [0.25, 0.3) is 15.9 Å². The first-order valence-electron chi connectivity index (χ1n) is 8.04. The number of thiophene rings is 1. The third kappa shape index (κ3) is 2.07. The number of nitrogens with zero attached hydrogens (tertiary/aromatic N) is 4. The molecule has 0 bridgehead atoms. The van der Waals surface area contributed by atoms with E-state index in [1.165, 1.54) is 28.7 Å². The van der Waals surface area contributed by atoms with Crippen LogP contribution in [0.4, 0.5) is 0 Å². The van der Waals surface area contributed by atoms with Crippen LogP contribution in [0, 0.1) is 5.92 Å². The molecule has 0 saturated heterocycles. The first-order chi connectivity index (χ1) is 10.7. The number of rotatable bonds is 3. The van der Waals surface area contributed by atoms with Crippen LogP contribution in [0.3, 0.4) is 0 Å². The number of thioether (sulfide) groups is 1. The van der Waals surface area contributed by atoms with Crippen LogP contribution in [-0.4, -0.2) is 25.3 Å². The quantitative estimate of drug-likeness (QED) is 0.676. The molecule has 0 fully saturated rings. The van der Waals surface area contributed by atoms with E-state index >= 15 is 0 Å². The van der Waals surface area contributed by atoms with Gasteiger partial charge in [-0.3, -0.25) is 4.40 Å². The van der Waals surface area contributed by atoms with E-state index in [1.54, 1.807) is 11.8 Å². The summed E-state index contributed by atoms with van der Waals surface area (Å²) in [7, 11) is 0. The molecule has 3 aromatic heterocycles. The Morgan fingerprint density at radius 2 is 2.18 bits per heavy atom. The van der Waals surface area contributed by atoms with E-state index in [0.717, 1.165) is 46.0 Å². The molecule has 0 amide bonds. The molecule has 0 aromatic carbocycles. The van der Waals surface area contributed by atoms with E-state index in [4.69, 9.17) is 4.98 Å². The molecule has 0 aliphatic heterocycles. The van der Waals surface area contributed by atoms with Crippen molar-refractivity contribution in [1.82, 2.24) is 19.6 Å². The van der Waals surface area contributed by atoms with Gasteiger partial charge in [-0.25, -0.2) is 4.98 Å². The van der Waals surface area contributed by atoms with Gasteiger partial charge in [0.15, 0.2) is 10.8 Å². The maximum Gasteiger partial charge on any atom is 0.197 e. The molecule has 4 rings (SSSR count). The van der Waals surface area contributed by atoms with Gasteiger partial charge in [-0.1, -0.05) is 32.5 Å². The highest BCUT2D eigenvalue weighted by Gasteiger charge is 2.25. The summed E-state index contributed by atoms with van der Waals surface area (Å²) in [6.07, 6.45) is 4.52. The van der Waals surface area contributed by atoms with Crippen molar-refractivity contribution in [1.29, 1.82) is 0 Å². The van der Waals surface area contributed by atoms with Crippen LogP contribution >= 0.6 is 23.1 Å². The highest BCUT2D eigenvalue weighted by Crippen LogP contribution is 2.39. The lowest BCUT2D eigenvalue weighted by atomic mass is 9.89. The normalized spacial score (nSPS) is 18.2. The molecule has 0 saturated carbocycles. The Labute approximate surface area is 138 Å². The van der Waals surface area contributed by atoms with Gasteiger partial charge in [0.05, 0.1) is 5.39 Å². The summed E-state index contributed by atoms with van der Waals surface area (Å²) in [4.78, 5) is 7.63. The highest BCUT2D eigenvalue weighted by atomic mass is 32.2. The number of hydrogen-bond acceptors (Lipinski definition) is 5. The lowest BCUT2D eigenvalue weighted by Crippen LogP contribution is -2.09. The minimum Gasteiger partial charge on any atom is -0.257 e. The van der Waals surface area contributed by atoms with Crippen LogP contribution in [0.1, 0.15) is 43.5 Å². The monoisotopic (exact) mass is 332 g/mol. The fourth-order valence-electron chi connectivity index (χ4n) is 3.34. The zero-order valence-corrected chi connectivity index (χ0v) is 14.9. The maximum atomic E-state index is 4.96. The average molecular weight is 332 g/mol. The summed E-state index contributed by atoms with van der Waals surface area (Å²) in [6.45, 7) is 6.65. The second-order valence-electron chi connectivity index (χ2n) is 5.99. The zero-order valence-electron chi connectivity index (χ0n) is 13.2. The SMILES string of the molecule is CCSc1nnc2c3c4c(sc3nc(CC)n12)CC(C)CC4. The van der Waals surface area contributed by atoms with Gasteiger partial charge in [0.1, 0.15) is 10.7 Å². The number of hydrogen-bond donors (Lipinski definition) is 0. The zero-order chi connectivity index (χ0) is 15.3. The third-order valence-corrected chi connectivity index (χ3v) is 6.39. The molecule has 0 spiro atoms. The van der Waals surface area contributed by atoms with Crippen molar-refractivity contribution >= 4 is 39.0 Å². The van der Waals surface area contributed by atoms with Gasteiger partial charge in [-0.05, 0) is 36.5 Å². The molecule has 1 atom stereocenters. The van der Waals surface area contributed by atoms with Gasteiger partial charge in [0.25, 0.3) is 0 Å². The Hall–Kier alpha value is -1.14. The fourth-order valence-corrected chi connectivity index (χ4v) is 5.41. The second kappa shape index (κ2) is 5.49. The van der Waals surface area contributed by atoms with Crippen molar-refractivity contribution in [2.24, 2.45) is 5.92 Å². The highest BCUT2D eigenvalue weighted by molar-refractivity contribution is 7.99. The molecular formula is C16H20N4S2. The van der Waals surface area contributed by atoms with Crippen LogP contribution in [0.2, 0.25) is 0 Å². The Morgan fingerprint density at radius 1 is 1.32 bits per heavy atom. The Bertz CT molecular complexity index is 849. The van der Waals surface area contributed by atoms with Gasteiger partial charge in [-0.2, -0.15) is 0 Å². The molecule has 0 N–H and O–H groups in total. The first kappa shape index (κ1) is 14.5. The largest absolute Gasteiger partial charge is 0.257 e. The first-order valence-corrected chi connectivity index (χ1v) is 9.84. The summed E-state index contributed by atoms with van der Waals surface area (Å²) in [5, 5.41) is 11.2. The molecule has 0 radical (unpaired) electrons. The van der Waals surface area contributed by atoms with Crippen molar-refractivity contribution in [3.63, 3.8) is 0 Å². The average Bonchev–Trinajstić information content (AvgIpc) is 3.07. The lowest BCUT2D eigenvalue weighted by molar-refractivity contribution is 0.509. The van der Waals surface area contributed by atoms with Crippen molar-refractivity contribution in [2.45, 2.75) is 51.6 Å². The molecule has 3 aromatic rings. The Balaban J connectivity index is 2.05. The van der Waals surface area contributed by atoms with E-state index < -0.39 is 0 Å². The Morgan fingerprint density at radius 3 is 2.95 bits per heavy atom. The molecule has 6 heteroatoms. The molecule has 1 aliphatic carbocycles. The molecule has 3 heterocycles. The van der Waals surface area contributed by atoms with E-state index in [2.05, 4.69) is 35.4 Å². The van der Waals surface area contributed by atoms with Gasteiger partial charge >= 0.3 is 0 Å². The molecule has 22 heavy (non-hydrogen) atoms. The predicted molar refractivity (Wildman–Crippen MR) is 93.1 cm³/mol. The van der Waals surface area contributed by atoms with Gasteiger partial charge in [-0.15, -0.1) is 21.5 Å². The van der Waals surface area contributed by atoms with Crippen LogP contribution in [0.15, 0.2) is 5.16 Å². The van der Waals surface area contributed by atoms with Crippen LogP contribution in [-0.2, 0) is 19.3 Å². The summed E-state index contributed by atoms with van der Waals surface area (Å²) < 4.78 is 2.18.